The number of halogens is 2. The van der Waals surface area contributed by atoms with Crippen molar-refractivity contribution in [3.63, 3.8) is 0 Å². The van der Waals surface area contributed by atoms with E-state index in [2.05, 4.69) is 20.7 Å². The molecule has 0 unspecified atom stereocenters. The number of thiazole rings is 1. The van der Waals surface area contributed by atoms with E-state index in [0.29, 0.717) is 6.54 Å². The summed E-state index contributed by atoms with van der Waals surface area (Å²) >= 11 is 1.64. The number of nitrogens with two attached hydrogens (primary N) is 1. The molecule has 0 aromatic carbocycles. The zero-order chi connectivity index (χ0) is 16.9. The molecule has 1 atom stereocenters. The summed E-state index contributed by atoms with van der Waals surface area (Å²) in [6, 6.07) is 3.42. The zero-order valence-corrected chi connectivity index (χ0v) is 17.1. The van der Waals surface area contributed by atoms with Gasteiger partial charge in [-0.2, -0.15) is 0 Å². The predicted molar refractivity (Wildman–Crippen MR) is 109 cm³/mol. The monoisotopic (exact) mass is 404 g/mol. The van der Waals surface area contributed by atoms with Crippen molar-refractivity contribution in [2.75, 3.05) is 6.54 Å². The number of carbonyl (C=O) groups is 1. The van der Waals surface area contributed by atoms with Crippen molar-refractivity contribution in [3.05, 3.63) is 34.9 Å². The number of aryl methyl sites for hydroxylation is 1. The van der Waals surface area contributed by atoms with Crippen LogP contribution in [-0.2, 0) is 11.2 Å². The molecule has 0 aliphatic heterocycles. The lowest BCUT2D eigenvalue weighted by molar-refractivity contribution is -0.124. The minimum Gasteiger partial charge on any atom is -0.355 e. The molecule has 2 heterocycles. The largest absolute Gasteiger partial charge is 0.355 e. The van der Waals surface area contributed by atoms with Crippen LogP contribution in [0, 0.1) is 5.41 Å². The van der Waals surface area contributed by atoms with Crippen LogP contribution in [0.15, 0.2) is 29.9 Å². The predicted octanol–water partition coefficient (Wildman–Crippen LogP) is 3.47. The van der Waals surface area contributed by atoms with Gasteiger partial charge in [0.05, 0.1) is 16.7 Å². The molecule has 0 fully saturated rings. The number of aromatic nitrogens is 2. The highest BCUT2D eigenvalue weighted by molar-refractivity contribution is 7.09. The van der Waals surface area contributed by atoms with Crippen molar-refractivity contribution in [2.45, 2.75) is 39.7 Å². The second-order valence-electron chi connectivity index (χ2n) is 6.60. The Kier molecular flexibility index (Phi) is 10.2. The average molecular weight is 405 g/mol. The molecule has 0 saturated heterocycles. The lowest BCUT2D eigenvalue weighted by atomic mass is 9.87. The van der Waals surface area contributed by atoms with E-state index in [9.17, 15) is 4.79 Å². The van der Waals surface area contributed by atoms with Gasteiger partial charge in [0, 0.05) is 36.3 Å². The standard InChI is InChI=1S/C17H24N4OS.2ClH/c1-17(2,3)15(18)16(22)20-8-4-5-14-21-13(11-23-14)12-6-9-19-10-7-12;;/h6-7,9-11,15H,4-5,8,18H2,1-3H3,(H,20,22);2*1H/t15-;;/m1../s1. The van der Waals surface area contributed by atoms with Crippen LogP contribution in [0.2, 0.25) is 0 Å². The van der Waals surface area contributed by atoms with Gasteiger partial charge in [-0.15, -0.1) is 36.2 Å². The zero-order valence-electron chi connectivity index (χ0n) is 14.7. The Morgan fingerprint density at radius 2 is 1.92 bits per heavy atom. The fraction of sp³-hybridized carbons (Fsp3) is 0.471. The van der Waals surface area contributed by atoms with E-state index in [4.69, 9.17) is 5.73 Å². The van der Waals surface area contributed by atoms with E-state index >= 15 is 0 Å². The third-order valence-electron chi connectivity index (χ3n) is 3.61. The van der Waals surface area contributed by atoms with Gasteiger partial charge in [-0.3, -0.25) is 9.78 Å². The van der Waals surface area contributed by atoms with Gasteiger partial charge >= 0.3 is 0 Å². The molecule has 0 saturated carbocycles. The van der Waals surface area contributed by atoms with Gasteiger partial charge < -0.3 is 11.1 Å². The van der Waals surface area contributed by atoms with E-state index in [0.717, 1.165) is 29.1 Å². The summed E-state index contributed by atoms with van der Waals surface area (Å²) in [7, 11) is 0. The first-order valence-corrected chi connectivity index (χ1v) is 8.64. The number of hydrogen-bond donors (Lipinski definition) is 2. The Morgan fingerprint density at radius 3 is 2.52 bits per heavy atom. The molecule has 0 radical (unpaired) electrons. The molecule has 8 heteroatoms. The molecule has 2 rings (SSSR count). The fourth-order valence-corrected chi connectivity index (χ4v) is 2.89. The normalized spacial score (nSPS) is 11.8. The van der Waals surface area contributed by atoms with Crippen LogP contribution in [0.5, 0.6) is 0 Å². The van der Waals surface area contributed by atoms with Crippen LogP contribution in [0.1, 0.15) is 32.2 Å². The van der Waals surface area contributed by atoms with Gasteiger partial charge in [0.2, 0.25) is 5.91 Å². The molecule has 5 nitrogen and oxygen atoms in total. The molecule has 0 bridgehead atoms. The number of carbonyl (C=O) groups excluding carboxylic acids is 1. The highest BCUT2D eigenvalue weighted by atomic mass is 35.5. The van der Waals surface area contributed by atoms with Crippen LogP contribution in [-0.4, -0.2) is 28.5 Å². The summed E-state index contributed by atoms with van der Waals surface area (Å²) < 4.78 is 0. The van der Waals surface area contributed by atoms with Crippen molar-refractivity contribution in [1.29, 1.82) is 0 Å². The van der Waals surface area contributed by atoms with Crippen LogP contribution in [0.3, 0.4) is 0 Å². The Morgan fingerprint density at radius 1 is 1.28 bits per heavy atom. The number of nitrogens with one attached hydrogen (secondary N) is 1. The molecule has 2 aromatic heterocycles. The molecule has 140 valence electrons. The minimum absolute atomic E-state index is 0. The van der Waals surface area contributed by atoms with E-state index in [-0.39, 0.29) is 36.1 Å². The Labute approximate surface area is 165 Å². The Bertz CT molecular complexity index is 644. The molecule has 2 aromatic rings. The summed E-state index contributed by atoms with van der Waals surface area (Å²) in [5.41, 5.74) is 7.76. The topological polar surface area (TPSA) is 80.9 Å². The number of nitrogens with zero attached hydrogens (tertiary/aromatic N) is 2. The highest BCUT2D eigenvalue weighted by Gasteiger charge is 2.26. The van der Waals surface area contributed by atoms with Crippen LogP contribution in [0.25, 0.3) is 11.3 Å². The summed E-state index contributed by atoms with van der Waals surface area (Å²) in [6.07, 6.45) is 5.23. The maximum Gasteiger partial charge on any atom is 0.237 e. The highest BCUT2D eigenvalue weighted by Crippen LogP contribution is 2.21. The lowest BCUT2D eigenvalue weighted by Gasteiger charge is -2.25. The van der Waals surface area contributed by atoms with Gasteiger partial charge in [-0.05, 0) is 24.0 Å². The second kappa shape index (κ2) is 10.7. The third kappa shape index (κ3) is 7.28. The van der Waals surface area contributed by atoms with Crippen molar-refractivity contribution in [3.8, 4) is 11.3 Å². The van der Waals surface area contributed by atoms with E-state index in [1.807, 2.05) is 32.9 Å². The van der Waals surface area contributed by atoms with Gasteiger partial charge in [-0.25, -0.2) is 4.98 Å². The van der Waals surface area contributed by atoms with Crippen LogP contribution in [0.4, 0.5) is 0 Å². The fourth-order valence-electron chi connectivity index (χ4n) is 2.04. The number of hydrogen-bond acceptors (Lipinski definition) is 5. The van der Waals surface area contributed by atoms with Crippen molar-refractivity contribution in [2.24, 2.45) is 11.1 Å². The van der Waals surface area contributed by atoms with E-state index in [1.165, 1.54) is 0 Å². The van der Waals surface area contributed by atoms with Crippen molar-refractivity contribution in [1.82, 2.24) is 15.3 Å². The van der Waals surface area contributed by atoms with Gasteiger partial charge in [0.1, 0.15) is 0 Å². The summed E-state index contributed by atoms with van der Waals surface area (Å²) in [5, 5.41) is 6.03. The quantitative estimate of drug-likeness (QED) is 0.722. The third-order valence-corrected chi connectivity index (χ3v) is 4.52. The maximum absolute atomic E-state index is 11.9. The first kappa shape index (κ1) is 23.8. The SMILES string of the molecule is CC(C)(C)[C@H](N)C(=O)NCCCc1nc(-c2ccncc2)cs1.Cl.Cl. The van der Waals surface area contributed by atoms with E-state index in [1.54, 1.807) is 23.7 Å². The van der Waals surface area contributed by atoms with Gasteiger partial charge in [0.15, 0.2) is 0 Å². The lowest BCUT2D eigenvalue weighted by Crippen LogP contribution is -2.48. The molecule has 0 spiro atoms. The molecule has 1 amide bonds. The number of pyridine rings is 1. The maximum atomic E-state index is 11.9. The number of amides is 1. The van der Waals surface area contributed by atoms with Gasteiger partial charge in [0.25, 0.3) is 0 Å². The van der Waals surface area contributed by atoms with Gasteiger partial charge in [-0.1, -0.05) is 20.8 Å². The minimum atomic E-state index is -0.486. The summed E-state index contributed by atoms with van der Waals surface area (Å²) in [4.78, 5) is 20.6. The smallest absolute Gasteiger partial charge is 0.237 e. The van der Waals surface area contributed by atoms with E-state index < -0.39 is 6.04 Å². The van der Waals surface area contributed by atoms with Crippen LogP contribution < -0.4 is 11.1 Å². The number of rotatable bonds is 6. The molecule has 0 aliphatic rings. The molecular formula is C17H26Cl2N4OS. The molecule has 3 N–H and O–H groups in total. The van der Waals surface area contributed by atoms with Crippen molar-refractivity contribution >= 4 is 42.1 Å². The average Bonchev–Trinajstić information content (AvgIpc) is 2.99. The second-order valence-corrected chi connectivity index (χ2v) is 7.54. The van der Waals surface area contributed by atoms with Crippen molar-refractivity contribution < 1.29 is 4.79 Å². The molecule has 0 aliphatic carbocycles. The summed E-state index contributed by atoms with van der Waals surface area (Å²) in [5.74, 6) is -0.0888. The molecular weight excluding hydrogens is 379 g/mol. The Balaban J connectivity index is 0.00000288. The van der Waals surface area contributed by atoms with Crippen LogP contribution >= 0.6 is 36.2 Å². The summed E-state index contributed by atoms with van der Waals surface area (Å²) in [6.45, 7) is 6.52. The Hall–Kier alpha value is -1.21. The molecule has 25 heavy (non-hydrogen) atoms. The first-order chi connectivity index (χ1) is 10.9. The first-order valence-electron chi connectivity index (χ1n) is 7.76.